The molecule has 1 aliphatic rings. The number of nitrogens with one attached hydrogen (secondary N) is 2. The molecule has 9 heteroatoms. The number of anilines is 1. The molecule has 0 spiro atoms. The van der Waals surface area contributed by atoms with E-state index < -0.39 is 18.0 Å². The molecular weight excluding hydrogens is 482 g/mol. The van der Waals surface area contributed by atoms with Gasteiger partial charge >= 0.3 is 0 Å². The highest BCUT2D eigenvalue weighted by Gasteiger charge is 2.35. The van der Waals surface area contributed by atoms with E-state index in [1.807, 2.05) is 24.3 Å². The molecule has 1 unspecified atom stereocenters. The van der Waals surface area contributed by atoms with Crippen LogP contribution >= 0.6 is 11.6 Å². The number of carbonyl (C=O) groups excluding carboxylic acids is 2. The first-order valence-corrected chi connectivity index (χ1v) is 11.8. The van der Waals surface area contributed by atoms with Crippen molar-refractivity contribution in [3.05, 3.63) is 81.9 Å². The Balaban J connectivity index is 1.73. The Hall–Kier alpha value is -3.91. The summed E-state index contributed by atoms with van der Waals surface area (Å²) in [6.45, 7) is 4.22. The molecule has 36 heavy (non-hydrogen) atoms. The quantitative estimate of drug-likeness (QED) is 0.443. The average molecular weight is 510 g/mol. The van der Waals surface area contributed by atoms with Crippen LogP contribution in [0.3, 0.4) is 0 Å². The fraction of sp³-hybridized carbons (Fsp3) is 0.259. The third-order valence-corrected chi connectivity index (χ3v) is 6.28. The number of hydrazine groups is 1. The number of ether oxygens (including phenoxy) is 3. The molecule has 3 aromatic rings. The summed E-state index contributed by atoms with van der Waals surface area (Å²) in [5.74, 6) is 0.437. The molecule has 0 fully saturated rings. The zero-order valence-electron chi connectivity index (χ0n) is 20.7. The number of benzene rings is 3. The third kappa shape index (κ3) is 4.77. The van der Waals surface area contributed by atoms with Gasteiger partial charge in [0.1, 0.15) is 6.17 Å². The van der Waals surface area contributed by atoms with Crippen LogP contribution in [0.1, 0.15) is 57.8 Å². The number of hydrogen-bond acceptors (Lipinski definition) is 6. The maximum atomic E-state index is 13.6. The van der Waals surface area contributed by atoms with Gasteiger partial charge in [0.2, 0.25) is 5.75 Å². The lowest BCUT2D eigenvalue weighted by Gasteiger charge is -2.38. The van der Waals surface area contributed by atoms with Crippen molar-refractivity contribution in [3.8, 4) is 17.2 Å². The minimum absolute atomic E-state index is 0.225. The minimum atomic E-state index is -0.654. The van der Waals surface area contributed by atoms with Gasteiger partial charge in [0, 0.05) is 16.3 Å². The number of fused-ring (bicyclic) bond motifs is 1. The van der Waals surface area contributed by atoms with Gasteiger partial charge in [-0.3, -0.25) is 15.0 Å². The maximum absolute atomic E-state index is 13.6. The predicted molar refractivity (Wildman–Crippen MR) is 138 cm³/mol. The van der Waals surface area contributed by atoms with Gasteiger partial charge in [0.05, 0.1) is 26.9 Å². The third-order valence-electron chi connectivity index (χ3n) is 6.05. The number of carbonyl (C=O) groups is 2. The fourth-order valence-corrected chi connectivity index (χ4v) is 4.25. The van der Waals surface area contributed by atoms with E-state index >= 15 is 0 Å². The monoisotopic (exact) mass is 509 g/mol. The number of hydrogen-bond donors (Lipinski definition) is 2. The van der Waals surface area contributed by atoms with E-state index in [2.05, 4.69) is 24.6 Å². The van der Waals surface area contributed by atoms with Crippen LogP contribution < -0.4 is 25.0 Å². The molecule has 3 aromatic carbocycles. The standard InChI is InChI=1S/C27H28ClN3O5/c1-15(2)16-6-8-17(9-7-16)25-29-21-11-10-19(28)14-20(21)27(33)31(25)30-26(32)18-12-22(34-3)24(36-5)23(13-18)35-4/h6-15,25,29H,1-5H3,(H,30,32). The molecule has 1 heterocycles. The molecule has 188 valence electrons. The zero-order valence-corrected chi connectivity index (χ0v) is 21.5. The van der Waals surface area contributed by atoms with Crippen LogP contribution in [0.25, 0.3) is 0 Å². The lowest BCUT2D eigenvalue weighted by atomic mass is 9.99. The largest absolute Gasteiger partial charge is 0.493 e. The van der Waals surface area contributed by atoms with Crippen molar-refractivity contribution in [2.75, 3.05) is 26.6 Å². The Labute approximate surface area is 215 Å². The fourth-order valence-electron chi connectivity index (χ4n) is 4.08. The molecule has 8 nitrogen and oxygen atoms in total. The Morgan fingerprint density at radius 3 is 2.17 bits per heavy atom. The van der Waals surface area contributed by atoms with E-state index in [4.69, 9.17) is 25.8 Å². The average Bonchev–Trinajstić information content (AvgIpc) is 2.89. The second kappa shape index (κ2) is 10.4. The summed E-state index contributed by atoms with van der Waals surface area (Å²) in [5, 5.41) is 5.04. The van der Waals surface area contributed by atoms with E-state index in [9.17, 15) is 9.59 Å². The van der Waals surface area contributed by atoms with E-state index in [1.165, 1.54) is 44.0 Å². The summed E-state index contributed by atoms with van der Waals surface area (Å²) in [7, 11) is 4.42. The summed E-state index contributed by atoms with van der Waals surface area (Å²) in [4.78, 5) is 27.0. The molecule has 0 aliphatic carbocycles. The zero-order chi connectivity index (χ0) is 26.0. The Morgan fingerprint density at radius 1 is 0.972 bits per heavy atom. The molecule has 2 N–H and O–H groups in total. The maximum Gasteiger partial charge on any atom is 0.276 e. The van der Waals surface area contributed by atoms with Crippen molar-refractivity contribution in [2.24, 2.45) is 0 Å². The molecule has 2 amide bonds. The van der Waals surface area contributed by atoms with Crippen molar-refractivity contribution in [1.29, 1.82) is 0 Å². The van der Waals surface area contributed by atoms with E-state index in [0.29, 0.717) is 39.4 Å². The summed E-state index contributed by atoms with van der Waals surface area (Å²) in [6, 6.07) is 16.0. The van der Waals surface area contributed by atoms with Crippen LogP contribution in [0.2, 0.25) is 5.02 Å². The SMILES string of the molecule is COc1cc(C(=O)NN2C(=O)c3cc(Cl)ccc3NC2c2ccc(C(C)C)cc2)cc(OC)c1OC. The number of nitrogens with zero attached hydrogens (tertiary/aromatic N) is 1. The van der Waals surface area contributed by atoms with Crippen LogP contribution in [-0.4, -0.2) is 38.2 Å². The Bertz CT molecular complexity index is 1270. The van der Waals surface area contributed by atoms with Crippen molar-refractivity contribution in [3.63, 3.8) is 0 Å². The first-order valence-electron chi connectivity index (χ1n) is 11.4. The molecule has 0 bridgehead atoms. The van der Waals surface area contributed by atoms with E-state index in [-0.39, 0.29) is 5.56 Å². The van der Waals surface area contributed by atoms with Crippen LogP contribution in [0.4, 0.5) is 5.69 Å². The van der Waals surface area contributed by atoms with Gasteiger partial charge in [-0.25, -0.2) is 5.01 Å². The highest BCUT2D eigenvalue weighted by molar-refractivity contribution is 6.31. The van der Waals surface area contributed by atoms with Crippen LogP contribution in [0.5, 0.6) is 17.2 Å². The van der Waals surface area contributed by atoms with Crippen molar-refractivity contribution in [2.45, 2.75) is 25.9 Å². The predicted octanol–water partition coefficient (Wildman–Crippen LogP) is 5.40. The van der Waals surface area contributed by atoms with Gasteiger partial charge in [0.15, 0.2) is 11.5 Å². The van der Waals surface area contributed by atoms with Crippen LogP contribution in [0, 0.1) is 0 Å². The molecule has 1 atom stereocenters. The van der Waals surface area contributed by atoms with Crippen LogP contribution in [0.15, 0.2) is 54.6 Å². The van der Waals surface area contributed by atoms with Gasteiger partial charge in [-0.05, 0) is 47.4 Å². The first kappa shape index (κ1) is 25.2. The normalized spacial score (nSPS) is 14.7. The van der Waals surface area contributed by atoms with Crippen LogP contribution in [-0.2, 0) is 0 Å². The van der Waals surface area contributed by atoms with Crippen molar-refractivity contribution in [1.82, 2.24) is 10.4 Å². The van der Waals surface area contributed by atoms with Gasteiger partial charge in [-0.15, -0.1) is 0 Å². The van der Waals surface area contributed by atoms with Gasteiger partial charge in [-0.2, -0.15) is 0 Å². The number of rotatable bonds is 7. The van der Waals surface area contributed by atoms with Crippen molar-refractivity contribution < 1.29 is 23.8 Å². The van der Waals surface area contributed by atoms with E-state index in [1.54, 1.807) is 18.2 Å². The summed E-state index contributed by atoms with van der Waals surface area (Å²) in [5.41, 5.74) is 5.93. The summed E-state index contributed by atoms with van der Waals surface area (Å²) >= 11 is 6.16. The number of methoxy groups -OCH3 is 3. The van der Waals surface area contributed by atoms with Gasteiger partial charge < -0.3 is 19.5 Å². The molecular formula is C27H28ClN3O5. The highest BCUT2D eigenvalue weighted by Crippen LogP contribution is 2.39. The topological polar surface area (TPSA) is 89.1 Å². The molecule has 1 aliphatic heterocycles. The molecule has 0 saturated carbocycles. The Morgan fingerprint density at radius 2 is 1.61 bits per heavy atom. The molecule has 0 aromatic heterocycles. The lowest BCUT2D eigenvalue weighted by molar-refractivity contribution is 0.0490. The highest BCUT2D eigenvalue weighted by atomic mass is 35.5. The molecule has 0 radical (unpaired) electrons. The van der Waals surface area contributed by atoms with E-state index in [0.717, 1.165) is 5.56 Å². The minimum Gasteiger partial charge on any atom is -0.493 e. The van der Waals surface area contributed by atoms with Gasteiger partial charge in [-0.1, -0.05) is 49.7 Å². The number of amides is 2. The Kier molecular flexibility index (Phi) is 7.26. The summed E-state index contributed by atoms with van der Waals surface area (Å²) in [6.07, 6.45) is -0.654. The van der Waals surface area contributed by atoms with Crippen molar-refractivity contribution >= 4 is 29.1 Å². The summed E-state index contributed by atoms with van der Waals surface area (Å²) < 4.78 is 16.1. The smallest absolute Gasteiger partial charge is 0.276 e. The second-order valence-electron chi connectivity index (χ2n) is 8.59. The number of halogens is 1. The molecule has 0 saturated heterocycles. The van der Waals surface area contributed by atoms with Gasteiger partial charge in [0.25, 0.3) is 11.8 Å². The molecule has 4 rings (SSSR count). The second-order valence-corrected chi connectivity index (χ2v) is 9.02. The first-order chi connectivity index (χ1) is 17.3. The lowest BCUT2D eigenvalue weighted by Crippen LogP contribution is -2.52.